The van der Waals surface area contributed by atoms with Gasteiger partial charge in [-0.25, -0.2) is 4.39 Å². The van der Waals surface area contributed by atoms with Gasteiger partial charge in [-0.1, -0.05) is 39.0 Å². The molecule has 0 spiro atoms. The smallest absolute Gasteiger partial charge is 0.118 e. The van der Waals surface area contributed by atoms with Crippen molar-refractivity contribution in [2.24, 2.45) is 5.92 Å². The van der Waals surface area contributed by atoms with Crippen LogP contribution in [0.5, 0.6) is 0 Å². The molecule has 130 valence electrons. The Bertz CT molecular complexity index is 496. The number of rotatable bonds is 8. The number of allylic oxidation sites excluding steroid dienone is 5. The lowest BCUT2D eigenvalue weighted by atomic mass is 10.00. The number of halogens is 1. The van der Waals surface area contributed by atoms with Gasteiger partial charge in [-0.3, -0.25) is 0 Å². The zero-order valence-electron chi connectivity index (χ0n) is 15.6. The van der Waals surface area contributed by atoms with Crippen LogP contribution < -0.4 is 5.32 Å². The Morgan fingerprint density at radius 2 is 2.00 bits per heavy atom. The van der Waals surface area contributed by atoms with Gasteiger partial charge in [-0.15, -0.1) is 0 Å². The molecule has 1 aliphatic rings. The van der Waals surface area contributed by atoms with E-state index < -0.39 is 6.17 Å². The fourth-order valence-corrected chi connectivity index (χ4v) is 2.35. The van der Waals surface area contributed by atoms with Crippen molar-refractivity contribution in [2.75, 3.05) is 20.1 Å². The molecule has 0 aromatic carbocycles. The molecule has 3 heteroatoms. The van der Waals surface area contributed by atoms with E-state index in [0.29, 0.717) is 0 Å². The largest absolute Gasteiger partial charge is 0.368 e. The van der Waals surface area contributed by atoms with Crippen molar-refractivity contribution in [3.8, 4) is 0 Å². The highest BCUT2D eigenvalue weighted by molar-refractivity contribution is 5.40. The van der Waals surface area contributed by atoms with Crippen LogP contribution in [0.2, 0.25) is 0 Å². The van der Waals surface area contributed by atoms with E-state index in [0.717, 1.165) is 31.0 Å². The van der Waals surface area contributed by atoms with Gasteiger partial charge in [0.2, 0.25) is 0 Å². The molecule has 1 rings (SSSR count). The summed E-state index contributed by atoms with van der Waals surface area (Å²) in [6, 6.07) is 0. The molecule has 0 saturated carbocycles. The lowest BCUT2D eigenvalue weighted by Gasteiger charge is -2.27. The Morgan fingerprint density at radius 1 is 1.30 bits per heavy atom. The molecule has 0 fully saturated rings. The Labute approximate surface area is 141 Å². The van der Waals surface area contributed by atoms with Crippen molar-refractivity contribution in [3.05, 3.63) is 46.8 Å². The van der Waals surface area contributed by atoms with Crippen LogP contribution in [0, 0.1) is 5.92 Å². The van der Waals surface area contributed by atoms with E-state index in [2.05, 4.69) is 56.3 Å². The SMILES string of the molecule is CC/C(=C\C=C(\C)C(C)F)C1=CC=C(N(C)CCC(C)C)NC1. The van der Waals surface area contributed by atoms with E-state index in [-0.39, 0.29) is 0 Å². The van der Waals surface area contributed by atoms with Gasteiger partial charge in [-0.2, -0.15) is 0 Å². The van der Waals surface area contributed by atoms with Crippen LogP contribution in [0.4, 0.5) is 4.39 Å². The number of hydrogen-bond acceptors (Lipinski definition) is 2. The topological polar surface area (TPSA) is 15.3 Å². The lowest BCUT2D eigenvalue weighted by molar-refractivity contribution is 0.354. The molecule has 1 aliphatic heterocycles. The van der Waals surface area contributed by atoms with Crippen LogP contribution in [-0.4, -0.2) is 31.2 Å². The van der Waals surface area contributed by atoms with Crippen molar-refractivity contribution in [2.45, 2.75) is 53.6 Å². The third-order valence-corrected chi connectivity index (χ3v) is 4.32. The molecule has 0 amide bonds. The first kappa shape index (κ1) is 19.5. The van der Waals surface area contributed by atoms with Gasteiger partial charge in [0.15, 0.2) is 0 Å². The molecule has 23 heavy (non-hydrogen) atoms. The zero-order chi connectivity index (χ0) is 17.4. The number of dihydropyridines is 1. The fourth-order valence-electron chi connectivity index (χ4n) is 2.35. The maximum Gasteiger partial charge on any atom is 0.118 e. The number of alkyl halides is 1. The Balaban J connectivity index is 2.78. The van der Waals surface area contributed by atoms with E-state index in [4.69, 9.17) is 0 Å². The minimum absolute atomic E-state index is 0.718. The summed E-state index contributed by atoms with van der Waals surface area (Å²) < 4.78 is 13.2. The minimum Gasteiger partial charge on any atom is -0.368 e. The third kappa shape index (κ3) is 6.64. The summed E-state index contributed by atoms with van der Waals surface area (Å²) in [6.07, 6.45) is 9.55. The summed E-state index contributed by atoms with van der Waals surface area (Å²) in [5, 5.41) is 3.50. The Morgan fingerprint density at radius 3 is 2.48 bits per heavy atom. The van der Waals surface area contributed by atoms with Gasteiger partial charge < -0.3 is 10.2 Å². The predicted molar refractivity (Wildman–Crippen MR) is 99.0 cm³/mol. The van der Waals surface area contributed by atoms with E-state index in [9.17, 15) is 4.39 Å². The standard InChI is InChI=1S/C20H33FN2/c1-7-18(9-8-16(4)17(5)21)19-10-11-20(22-14-19)23(6)13-12-15(2)3/h8-11,15,17,22H,7,12-14H2,1-6H3/b16-8-,18-9+. The van der Waals surface area contributed by atoms with Gasteiger partial charge in [0.1, 0.15) is 12.0 Å². The monoisotopic (exact) mass is 320 g/mol. The van der Waals surface area contributed by atoms with Gasteiger partial charge in [0.05, 0.1) is 0 Å². The third-order valence-electron chi connectivity index (χ3n) is 4.32. The van der Waals surface area contributed by atoms with Gasteiger partial charge in [0, 0.05) is 20.1 Å². The number of nitrogens with one attached hydrogen (secondary N) is 1. The van der Waals surface area contributed by atoms with E-state index in [1.165, 1.54) is 23.4 Å². The van der Waals surface area contributed by atoms with Gasteiger partial charge in [-0.05, 0) is 55.4 Å². The van der Waals surface area contributed by atoms with E-state index in [1.807, 2.05) is 13.0 Å². The maximum absolute atomic E-state index is 13.2. The second kappa shape index (κ2) is 9.59. The summed E-state index contributed by atoms with van der Waals surface area (Å²) in [5.74, 6) is 1.89. The van der Waals surface area contributed by atoms with Gasteiger partial charge >= 0.3 is 0 Å². The Hall–Kier alpha value is -1.51. The molecule has 1 unspecified atom stereocenters. The van der Waals surface area contributed by atoms with Crippen molar-refractivity contribution in [3.63, 3.8) is 0 Å². The lowest BCUT2D eigenvalue weighted by Crippen LogP contribution is -2.33. The molecule has 1 N–H and O–H groups in total. The van der Waals surface area contributed by atoms with E-state index in [1.54, 1.807) is 6.92 Å². The summed E-state index contributed by atoms with van der Waals surface area (Å²) >= 11 is 0. The van der Waals surface area contributed by atoms with Crippen LogP contribution in [0.25, 0.3) is 0 Å². The average molecular weight is 320 g/mol. The molecule has 0 aliphatic carbocycles. The quantitative estimate of drug-likeness (QED) is 0.635. The molecule has 0 aromatic rings. The first-order valence-corrected chi connectivity index (χ1v) is 8.72. The summed E-state index contributed by atoms with van der Waals surface area (Å²) in [4.78, 5) is 2.28. The van der Waals surface area contributed by atoms with Crippen LogP contribution in [0.1, 0.15) is 47.5 Å². The highest BCUT2D eigenvalue weighted by atomic mass is 19.1. The van der Waals surface area contributed by atoms with Crippen molar-refractivity contribution < 1.29 is 4.39 Å². The molecule has 1 heterocycles. The molecule has 1 atom stereocenters. The maximum atomic E-state index is 13.2. The molecule has 0 bridgehead atoms. The number of hydrogen-bond donors (Lipinski definition) is 1. The van der Waals surface area contributed by atoms with Crippen LogP contribution >= 0.6 is 0 Å². The Kier molecular flexibility index (Phi) is 8.15. The molecule has 0 saturated heterocycles. The van der Waals surface area contributed by atoms with Crippen LogP contribution in [0.3, 0.4) is 0 Å². The molecule has 0 aromatic heterocycles. The minimum atomic E-state index is -0.885. The normalized spacial score (nSPS) is 17.6. The van der Waals surface area contributed by atoms with Crippen molar-refractivity contribution in [1.82, 2.24) is 10.2 Å². The van der Waals surface area contributed by atoms with Gasteiger partial charge in [0.25, 0.3) is 0 Å². The predicted octanol–water partition coefficient (Wildman–Crippen LogP) is 4.98. The fraction of sp³-hybridized carbons (Fsp3) is 0.600. The second-order valence-corrected chi connectivity index (χ2v) is 6.77. The number of nitrogens with zero attached hydrogens (tertiary/aromatic N) is 1. The van der Waals surface area contributed by atoms with Crippen LogP contribution in [-0.2, 0) is 0 Å². The van der Waals surface area contributed by atoms with Crippen molar-refractivity contribution in [1.29, 1.82) is 0 Å². The van der Waals surface area contributed by atoms with E-state index >= 15 is 0 Å². The highest BCUT2D eigenvalue weighted by Crippen LogP contribution is 2.19. The molecule has 2 nitrogen and oxygen atoms in total. The summed E-state index contributed by atoms with van der Waals surface area (Å²) in [5.41, 5.74) is 3.31. The first-order chi connectivity index (χ1) is 10.8. The zero-order valence-corrected chi connectivity index (χ0v) is 15.6. The van der Waals surface area contributed by atoms with Crippen LogP contribution in [0.15, 0.2) is 46.8 Å². The van der Waals surface area contributed by atoms with Crippen molar-refractivity contribution >= 4 is 0 Å². The second-order valence-electron chi connectivity index (χ2n) is 6.77. The molecule has 0 radical (unpaired) electrons. The summed E-state index contributed by atoms with van der Waals surface area (Å²) in [6.45, 7) is 11.9. The molecular formula is C20H33FN2. The summed E-state index contributed by atoms with van der Waals surface area (Å²) in [7, 11) is 2.13. The average Bonchev–Trinajstić information content (AvgIpc) is 2.53. The first-order valence-electron chi connectivity index (χ1n) is 8.72. The highest BCUT2D eigenvalue weighted by Gasteiger charge is 2.11. The molecular weight excluding hydrogens is 287 g/mol.